The molecule has 0 atom stereocenters. The molecule has 134 valence electrons. The first kappa shape index (κ1) is 16.1. The summed E-state index contributed by atoms with van der Waals surface area (Å²) in [6.07, 6.45) is 6.19. The zero-order chi connectivity index (χ0) is 18.2. The predicted octanol–water partition coefficient (Wildman–Crippen LogP) is 4.92. The number of aryl methyl sites for hydroxylation is 1. The monoisotopic (exact) mass is 374 g/mol. The van der Waals surface area contributed by atoms with Crippen molar-refractivity contribution < 1.29 is 0 Å². The van der Waals surface area contributed by atoms with Crippen LogP contribution in [0.4, 0.5) is 11.1 Å². The van der Waals surface area contributed by atoms with Gasteiger partial charge in [-0.05, 0) is 37.3 Å². The molecule has 1 aromatic carbocycles. The molecule has 5 rings (SSSR count). The summed E-state index contributed by atoms with van der Waals surface area (Å²) in [6.45, 7) is 1.94. The Kier molecular flexibility index (Phi) is 3.94. The van der Waals surface area contributed by atoms with Gasteiger partial charge in [-0.25, -0.2) is 15.0 Å². The molecule has 7 heteroatoms. The van der Waals surface area contributed by atoms with Crippen LogP contribution in [0.3, 0.4) is 0 Å². The second kappa shape index (κ2) is 6.59. The maximum Gasteiger partial charge on any atom is 0.229 e. The molecular weight excluding hydrogens is 356 g/mol. The quantitative estimate of drug-likeness (QED) is 0.518. The average molecular weight is 374 g/mol. The van der Waals surface area contributed by atoms with E-state index in [2.05, 4.69) is 54.7 Å². The molecule has 0 amide bonds. The Bertz CT molecular complexity index is 1080. The normalized spacial score (nSPS) is 13.7. The van der Waals surface area contributed by atoms with E-state index < -0.39 is 0 Å². The van der Waals surface area contributed by atoms with E-state index in [0.717, 1.165) is 39.3 Å². The second-order valence-corrected chi connectivity index (χ2v) is 7.60. The van der Waals surface area contributed by atoms with Crippen molar-refractivity contribution in [3.63, 3.8) is 0 Å². The smallest absolute Gasteiger partial charge is 0.229 e. The van der Waals surface area contributed by atoms with Gasteiger partial charge in [-0.1, -0.05) is 24.3 Å². The van der Waals surface area contributed by atoms with Crippen LogP contribution in [0.1, 0.15) is 30.0 Å². The van der Waals surface area contributed by atoms with E-state index in [1.54, 1.807) is 6.20 Å². The molecule has 3 aromatic heterocycles. The molecule has 0 saturated heterocycles. The molecule has 27 heavy (non-hydrogen) atoms. The van der Waals surface area contributed by atoms with Crippen LogP contribution in [-0.4, -0.2) is 25.1 Å². The summed E-state index contributed by atoms with van der Waals surface area (Å²) in [6, 6.07) is 10.6. The van der Waals surface area contributed by atoms with Crippen molar-refractivity contribution in [2.24, 2.45) is 0 Å². The second-order valence-electron chi connectivity index (χ2n) is 6.74. The molecule has 2 N–H and O–H groups in total. The van der Waals surface area contributed by atoms with Gasteiger partial charge < -0.3 is 5.32 Å². The van der Waals surface area contributed by atoms with E-state index in [4.69, 9.17) is 0 Å². The predicted molar refractivity (Wildman–Crippen MR) is 107 cm³/mol. The van der Waals surface area contributed by atoms with Crippen molar-refractivity contribution in [3.8, 4) is 22.5 Å². The van der Waals surface area contributed by atoms with Crippen molar-refractivity contribution in [2.75, 3.05) is 5.32 Å². The third kappa shape index (κ3) is 3.33. The van der Waals surface area contributed by atoms with E-state index in [1.165, 1.54) is 29.7 Å². The van der Waals surface area contributed by atoms with E-state index >= 15 is 0 Å². The summed E-state index contributed by atoms with van der Waals surface area (Å²) in [7, 11) is 0. The van der Waals surface area contributed by atoms with Crippen molar-refractivity contribution in [1.82, 2.24) is 25.1 Å². The highest BCUT2D eigenvalue weighted by molar-refractivity contribution is 7.14. The summed E-state index contributed by atoms with van der Waals surface area (Å²) in [5, 5.41) is 13.3. The third-order valence-corrected chi connectivity index (χ3v) is 5.44. The topological polar surface area (TPSA) is 79.4 Å². The average Bonchev–Trinajstić information content (AvgIpc) is 3.23. The van der Waals surface area contributed by atoms with Gasteiger partial charge in [0.05, 0.1) is 17.6 Å². The Morgan fingerprint density at radius 2 is 1.96 bits per heavy atom. The molecule has 0 bridgehead atoms. The third-order valence-electron chi connectivity index (χ3n) is 4.68. The number of thiazole rings is 1. The minimum absolute atomic E-state index is 0.555. The van der Waals surface area contributed by atoms with Gasteiger partial charge in [-0.2, -0.15) is 5.10 Å². The minimum Gasteiger partial charge on any atom is -0.300 e. The number of aromatic nitrogens is 5. The lowest BCUT2D eigenvalue weighted by Gasteiger charge is -2.04. The van der Waals surface area contributed by atoms with Gasteiger partial charge in [0.1, 0.15) is 0 Å². The summed E-state index contributed by atoms with van der Waals surface area (Å²) in [5.74, 6) is 1.32. The van der Waals surface area contributed by atoms with Crippen LogP contribution in [0.5, 0.6) is 0 Å². The van der Waals surface area contributed by atoms with E-state index in [1.807, 2.05) is 24.6 Å². The Labute approximate surface area is 160 Å². The van der Waals surface area contributed by atoms with E-state index in [0.29, 0.717) is 5.95 Å². The fourth-order valence-electron chi connectivity index (χ4n) is 3.10. The maximum atomic E-state index is 4.69. The fraction of sp³-hybridized carbons (Fsp3) is 0.200. The van der Waals surface area contributed by atoms with Gasteiger partial charge in [0.15, 0.2) is 5.13 Å². The minimum atomic E-state index is 0.555. The lowest BCUT2D eigenvalue weighted by molar-refractivity contribution is 1.09. The molecule has 0 unspecified atom stereocenters. The van der Waals surface area contributed by atoms with Crippen molar-refractivity contribution >= 4 is 22.4 Å². The van der Waals surface area contributed by atoms with Gasteiger partial charge >= 0.3 is 0 Å². The number of aromatic amines is 1. The van der Waals surface area contributed by atoms with Crippen LogP contribution in [0.15, 0.2) is 48.1 Å². The van der Waals surface area contributed by atoms with Crippen LogP contribution < -0.4 is 5.32 Å². The Hall–Kier alpha value is -3.06. The molecule has 4 aromatic rings. The highest BCUT2D eigenvalue weighted by atomic mass is 32.1. The number of hydrogen-bond donors (Lipinski definition) is 2. The zero-order valence-corrected chi connectivity index (χ0v) is 15.6. The molecule has 0 aliphatic heterocycles. The van der Waals surface area contributed by atoms with Crippen molar-refractivity contribution in [3.05, 3.63) is 59.4 Å². The highest BCUT2D eigenvalue weighted by Crippen LogP contribution is 2.41. The lowest BCUT2D eigenvalue weighted by atomic mass is 10.0. The molecule has 0 radical (unpaired) electrons. The Morgan fingerprint density at radius 1 is 1.11 bits per heavy atom. The summed E-state index contributed by atoms with van der Waals surface area (Å²) < 4.78 is 0. The molecule has 1 saturated carbocycles. The van der Waals surface area contributed by atoms with E-state index in [-0.39, 0.29) is 0 Å². The summed E-state index contributed by atoms with van der Waals surface area (Å²) in [5.41, 5.74) is 6.32. The highest BCUT2D eigenvalue weighted by Gasteiger charge is 2.23. The van der Waals surface area contributed by atoms with Crippen LogP contribution >= 0.6 is 11.3 Å². The number of benzene rings is 1. The maximum absolute atomic E-state index is 4.69. The van der Waals surface area contributed by atoms with Gasteiger partial charge in [0.25, 0.3) is 0 Å². The van der Waals surface area contributed by atoms with Gasteiger partial charge in [0, 0.05) is 28.4 Å². The number of H-pyrrole nitrogens is 1. The van der Waals surface area contributed by atoms with Crippen LogP contribution in [-0.2, 0) is 0 Å². The Balaban J connectivity index is 1.41. The first-order chi connectivity index (χ1) is 13.3. The molecule has 6 nitrogen and oxygen atoms in total. The SMILES string of the molecule is Cc1ccnc(Nc2nc(-c3cn[nH]c3-c3ccc(C4CC4)cc3)cs2)n1. The number of nitrogens with zero attached hydrogens (tertiary/aromatic N) is 4. The first-order valence-electron chi connectivity index (χ1n) is 8.92. The van der Waals surface area contributed by atoms with Crippen molar-refractivity contribution in [1.29, 1.82) is 0 Å². The summed E-state index contributed by atoms with van der Waals surface area (Å²) in [4.78, 5) is 13.3. The molecular formula is C20H18N6S. The number of rotatable bonds is 5. The molecule has 1 aliphatic carbocycles. The molecule has 0 spiro atoms. The van der Waals surface area contributed by atoms with E-state index in [9.17, 15) is 0 Å². The van der Waals surface area contributed by atoms with Crippen molar-refractivity contribution in [2.45, 2.75) is 25.7 Å². The van der Waals surface area contributed by atoms with Crippen LogP contribution in [0.2, 0.25) is 0 Å². The molecule has 3 heterocycles. The van der Waals surface area contributed by atoms with Gasteiger partial charge in [-0.15, -0.1) is 11.3 Å². The Morgan fingerprint density at radius 3 is 2.74 bits per heavy atom. The van der Waals surface area contributed by atoms with Crippen LogP contribution in [0.25, 0.3) is 22.5 Å². The molecule has 1 fully saturated rings. The molecule has 1 aliphatic rings. The van der Waals surface area contributed by atoms with Crippen LogP contribution in [0, 0.1) is 6.92 Å². The zero-order valence-electron chi connectivity index (χ0n) is 14.8. The van der Waals surface area contributed by atoms with Gasteiger partial charge in [-0.3, -0.25) is 5.10 Å². The number of anilines is 2. The lowest BCUT2D eigenvalue weighted by Crippen LogP contribution is -1.97. The fourth-order valence-corrected chi connectivity index (χ4v) is 3.80. The first-order valence-corrected chi connectivity index (χ1v) is 9.80. The standard InChI is InChI=1S/C20H18N6S/c1-12-8-9-21-19(23-12)25-20-24-17(11-27-20)16-10-22-26-18(16)15-6-4-14(5-7-15)13-2-3-13/h4-11,13H,2-3H2,1H3,(H,22,26)(H,21,23,24,25). The number of nitrogens with one attached hydrogen (secondary N) is 2. The van der Waals surface area contributed by atoms with Gasteiger partial charge in [0.2, 0.25) is 5.95 Å². The largest absolute Gasteiger partial charge is 0.300 e. The number of hydrogen-bond acceptors (Lipinski definition) is 6. The summed E-state index contributed by atoms with van der Waals surface area (Å²) >= 11 is 1.52.